The standard InChI is InChI=1S/C19H26N4O3.C14H18N4O.2CH4.3ClH/c1-19(2,3)26-18(25)23-12-10-22(11-13-23)16(24)5-4-14-6-8-20-17-15(14)7-9-21-17;19-13(18-9-7-15-8-10-18)2-1-11-3-5-16-14-12(11)4-6-17-14;;;;;/h6-9H,4-5,10-13H2,1-3H3,(H,20,21);3-6,15H,1-2,7-10H2,(H,16,17);2*1H4;3*1H/i;;2*1D;;;. The monoisotopic (exact) mass is 758 g/mol. The van der Waals surface area contributed by atoms with E-state index in [1.54, 1.807) is 17.3 Å². The Morgan fingerprint density at radius 2 is 1.14 bits per heavy atom. The number of aromatic nitrogens is 4. The summed E-state index contributed by atoms with van der Waals surface area (Å²) in [5, 5.41) is 5.44. The molecule has 3 amide bonds. The van der Waals surface area contributed by atoms with Gasteiger partial charge in [-0.15, -0.1) is 37.2 Å². The summed E-state index contributed by atoms with van der Waals surface area (Å²) in [5.41, 5.74) is 3.55. The van der Waals surface area contributed by atoms with Crippen LogP contribution < -0.4 is 5.32 Å². The van der Waals surface area contributed by atoms with Crippen molar-refractivity contribution in [3.63, 3.8) is 0 Å². The number of aromatic amines is 2. The summed E-state index contributed by atoms with van der Waals surface area (Å²) in [7, 11) is 2.50. The van der Waals surface area contributed by atoms with Crippen molar-refractivity contribution in [1.29, 1.82) is 0 Å². The van der Waals surface area contributed by atoms with Gasteiger partial charge in [0.1, 0.15) is 16.9 Å². The average Bonchev–Trinajstić information content (AvgIpc) is 3.82. The number of rotatable bonds is 6. The largest absolute Gasteiger partial charge is 0.444 e. The van der Waals surface area contributed by atoms with Crippen molar-refractivity contribution in [3.8, 4) is 0 Å². The fourth-order valence-electron chi connectivity index (χ4n) is 5.65. The molecule has 6 rings (SSSR count). The molecule has 12 nitrogen and oxygen atoms in total. The zero-order chi connectivity index (χ0) is 35.8. The number of fused-ring (bicyclic) bond motifs is 2. The van der Waals surface area contributed by atoms with Crippen molar-refractivity contribution in [2.45, 2.75) is 66.9 Å². The molecule has 4 aromatic rings. The van der Waals surface area contributed by atoms with E-state index in [4.69, 9.17) is 7.48 Å². The number of ether oxygens (including phenoxy) is 1. The molecule has 2 aliphatic heterocycles. The summed E-state index contributed by atoms with van der Waals surface area (Å²) in [6.45, 7) is 11.1. The second-order valence-electron chi connectivity index (χ2n) is 12.4. The minimum atomic E-state index is -0.502. The molecule has 0 atom stereocenters. The topological polar surface area (TPSA) is 140 Å². The molecule has 2 aliphatic rings. The van der Waals surface area contributed by atoms with E-state index in [-0.39, 0.29) is 55.1 Å². The summed E-state index contributed by atoms with van der Waals surface area (Å²) in [6, 6.07) is 7.97. The van der Waals surface area contributed by atoms with Gasteiger partial charge >= 0.3 is 6.09 Å². The van der Waals surface area contributed by atoms with Crippen LogP contribution >= 0.6 is 37.2 Å². The molecule has 6 heterocycles. The maximum absolute atomic E-state index is 12.5. The summed E-state index contributed by atoms with van der Waals surface area (Å²) in [4.78, 5) is 56.9. The van der Waals surface area contributed by atoms with Gasteiger partial charge in [0, 0.05) is 104 Å². The summed E-state index contributed by atoms with van der Waals surface area (Å²) < 4.78 is 16.9. The number of hydrogen-bond donors (Lipinski definition) is 3. The first-order valence-corrected chi connectivity index (χ1v) is 15.7. The summed E-state index contributed by atoms with van der Waals surface area (Å²) in [6.07, 6.45) is 9.49. The van der Waals surface area contributed by atoms with Crippen LogP contribution in [0.5, 0.6) is 0 Å². The minimum Gasteiger partial charge on any atom is -0.444 e. The van der Waals surface area contributed by atoms with Gasteiger partial charge in [0.25, 0.3) is 0 Å². The van der Waals surface area contributed by atoms with Gasteiger partial charge in [-0.25, -0.2) is 14.8 Å². The lowest BCUT2D eigenvalue weighted by atomic mass is 10.1. The molecule has 0 unspecified atom stereocenters. The van der Waals surface area contributed by atoms with E-state index in [0.717, 1.165) is 60.2 Å². The normalized spacial score (nSPS) is 14.3. The van der Waals surface area contributed by atoms with Gasteiger partial charge in [-0.2, -0.15) is 0 Å². The van der Waals surface area contributed by atoms with Gasteiger partial charge in [-0.3, -0.25) is 9.59 Å². The second-order valence-corrected chi connectivity index (χ2v) is 12.4. The lowest BCUT2D eigenvalue weighted by molar-refractivity contribution is -0.133. The first kappa shape index (κ1) is 42.6. The van der Waals surface area contributed by atoms with E-state index in [2.05, 4.69) is 25.3 Å². The predicted molar refractivity (Wildman–Crippen MR) is 208 cm³/mol. The minimum absolute atomic E-state index is 0. The van der Waals surface area contributed by atoms with E-state index in [0.29, 0.717) is 45.4 Å². The van der Waals surface area contributed by atoms with Crippen LogP contribution in [0.1, 0.15) is 62.3 Å². The molecule has 4 aromatic heterocycles. The third kappa shape index (κ3) is 12.6. The fourth-order valence-corrected chi connectivity index (χ4v) is 5.65. The Kier molecular flexibility index (Phi) is 18.4. The Hall–Kier alpha value is -3.58. The molecule has 0 saturated carbocycles. The highest BCUT2D eigenvalue weighted by Crippen LogP contribution is 2.19. The number of nitrogens with zero attached hydrogens (tertiary/aromatic N) is 5. The van der Waals surface area contributed by atoms with E-state index < -0.39 is 5.60 Å². The van der Waals surface area contributed by atoms with Crippen LogP contribution in [0.25, 0.3) is 22.1 Å². The van der Waals surface area contributed by atoms with Crippen LogP contribution in [0.2, 0.25) is 0 Å². The third-order valence-electron chi connectivity index (χ3n) is 8.07. The van der Waals surface area contributed by atoms with Crippen molar-refractivity contribution < 1.29 is 21.9 Å². The second kappa shape index (κ2) is 21.6. The van der Waals surface area contributed by atoms with E-state index >= 15 is 0 Å². The highest BCUT2D eigenvalue weighted by atomic mass is 35.5. The zero-order valence-corrected chi connectivity index (χ0v) is 32.1. The van der Waals surface area contributed by atoms with Crippen molar-refractivity contribution in [2.75, 3.05) is 52.4 Å². The highest BCUT2D eigenvalue weighted by molar-refractivity contribution is 5.86. The molecular formula is C35H55Cl3N8O4. The molecular weight excluding hydrogens is 703 g/mol. The number of carbonyl (C=O) groups excluding carboxylic acids is 3. The summed E-state index contributed by atoms with van der Waals surface area (Å²) in [5.74, 6) is 0.372. The van der Waals surface area contributed by atoms with Gasteiger partial charge < -0.3 is 34.7 Å². The molecule has 2 fully saturated rings. The quantitative estimate of drug-likeness (QED) is 0.218. The van der Waals surface area contributed by atoms with Crippen LogP contribution in [0.15, 0.2) is 49.1 Å². The number of hydrogen-bond acceptors (Lipinski definition) is 7. The molecule has 2 saturated heterocycles. The first-order valence-electron chi connectivity index (χ1n) is 17.7. The molecule has 50 heavy (non-hydrogen) atoms. The van der Waals surface area contributed by atoms with E-state index in [9.17, 15) is 14.4 Å². The summed E-state index contributed by atoms with van der Waals surface area (Å²) >= 11 is 0. The Morgan fingerprint density at radius 3 is 1.58 bits per heavy atom. The Labute approximate surface area is 317 Å². The van der Waals surface area contributed by atoms with Crippen molar-refractivity contribution in [3.05, 3.63) is 60.2 Å². The average molecular weight is 760 g/mol. The number of carbonyl (C=O) groups is 3. The SMILES string of the molecule is CC(C)(C)OC(=O)N1CCN(C(=O)CCc2ccnc3[nH]ccc23)CC1.Cl.Cl.Cl.O=C(CCc1ccnc2[nH]ccc12)N1CCNCC1.[2H]C.[2H]C. The van der Waals surface area contributed by atoms with Gasteiger partial charge in [0.2, 0.25) is 11.8 Å². The number of pyridine rings is 2. The fraction of sp³-hybridized carbons (Fsp3) is 0.514. The molecule has 3 N–H and O–H groups in total. The maximum Gasteiger partial charge on any atom is 0.410 e. The van der Waals surface area contributed by atoms with Gasteiger partial charge in [0.15, 0.2) is 0 Å². The number of amides is 3. The molecule has 280 valence electrons. The van der Waals surface area contributed by atoms with Crippen LogP contribution in [-0.2, 0) is 27.2 Å². The van der Waals surface area contributed by atoms with Crippen molar-refractivity contribution >= 4 is 77.2 Å². The van der Waals surface area contributed by atoms with Crippen LogP contribution in [0.4, 0.5) is 4.79 Å². The van der Waals surface area contributed by atoms with Crippen LogP contribution in [0, 0.1) is 0 Å². The molecule has 15 heteroatoms. The number of nitrogens with one attached hydrogen (secondary N) is 3. The molecule has 0 aromatic carbocycles. The number of halogens is 3. The maximum atomic E-state index is 12.5. The lowest BCUT2D eigenvalue weighted by Gasteiger charge is -2.35. The number of piperazine rings is 2. The van der Waals surface area contributed by atoms with E-state index in [1.807, 2.05) is 67.2 Å². The predicted octanol–water partition coefficient (Wildman–Crippen LogP) is 6.04. The Balaban J connectivity index is 0.000000894. The van der Waals surface area contributed by atoms with Crippen LogP contribution in [-0.4, -0.2) is 111 Å². The number of H-pyrrole nitrogens is 2. The van der Waals surface area contributed by atoms with Crippen LogP contribution in [0.3, 0.4) is 0 Å². The van der Waals surface area contributed by atoms with Gasteiger partial charge in [0.05, 0.1) is 0 Å². The van der Waals surface area contributed by atoms with Crippen molar-refractivity contribution in [2.24, 2.45) is 0 Å². The Morgan fingerprint density at radius 1 is 0.720 bits per heavy atom. The smallest absolute Gasteiger partial charge is 0.410 e. The molecule has 0 aliphatic carbocycles. The van der Waals surface area contributed by atoms with Crippen molar-refractivity contribution in [1.82, 2.24) is 40.0 Å². The highest BCUT2D eigenvalue weighted by Gasteiger charge is 2.27. The molecule has 0 bridgehead atoms. The lowest BCUT2D eigenvalue weighted by Crippen LogP contribution is -2.51. The third-order valence-corrected chi connectivity index (χ3v) is 8.07. The van der Waals surface area contributed by atoms with Gasteiger partial charge in [-0.05, 0) is 69.0 Å². The molecule has 0 spiro atoms. The van der Waals surface area contributed by atoms with E-state index in [1.165, 1.54) is 20.4 Å². The Bertz CT molecular complexity index is 1620. The first-order chi connectivity index (χ1) is 23.7. The zero-order valence-electron chi connectivity index (χ0n) is 31.7. The van der Waals surface area contributed by atoms with Gasteiger partial charge in [-0.1, -0.05) is 14.8 Å². The molecule has 0 radical (unpaired) electrons. The number of aryl methyl sites for hydroxylation is 2.